The van der Waals surface area contributed by atoms with Gasteiger partial charge < -0.3 is 14.4 Å². The predicted molar refractivity (Wildman–Crippen MR) is 66.9 cm³/mol. The fraction of sp³-hybridized carbons (Fsp3) is 0.500. The van der Waals surface area contributed by atoms with Gasteiger partial charge in [-0.2, -0.15) is 0 Å². The fourth-order valence-corrected chi connectivity index (χ4v) is 2.95. The van der Waals surface area contributed by atoms with Gasteiger partial charge in [0.2, 0.25) is 0 Å². The van der Waals surface area contributed by atoms with Crippen LogP contribution in [0.15, 0.2) is 11.4 Å². The number of hydrogen-bond acceptors (Lipinski definition) is 5. The second kappa shape index (κ2) is 5.39. The number of methoxy groups -OCH3 is 2. The summed E-state index contributed by atoms with van der Waals surface area (Å²) >= 11 is 1.32. The summed E-state index contributed by atoms with van der Waals surface area (Å²) in [5, 5.41) is 1.80. The summed E-state index contributed by atoms with van der Waals surface area (Å²) in [6.07, 6.45) is 1.48. The largest absolute Gasteiger partial charge is 0.495 e. The minimum Gasteiger partial charge on any atom is -0.495 e. The van der Waals surface area contributed by atoms with Gasteiger partial charge in [0.05, 0.1) is 14.2 Å². The number of thiophene rings is 1. The normalized spacial score (nSPS) is 18.8. The highest BCUT2D eigenvalue weighted by Crippen LogP contribution is 2.29. The van der Waals surface area contributed by atoms with Crippen molar-refractivity contribution < 1.29 is 19.1 Å². The molecule has 0 N–H and O–H groups in total. The van der Waals surface area contributed by atoms with Gasteiger partial charge in [0, 0.05) is 6.54 Å². The van der Waals surface area contributed by atoms with Crippen molar-refractivity contribution in [3.63, 3.8) is 0 Å². The molecule has 1 amide bonds. The SMILES string of the molecule is COC(=O)C1CCCN1C(=O)c1sccc1OC. The standard InChI is InChI=1S/C12H15NO4S/c1-16-9-5-7-18-10(9)11(14)13-6-3-4-8(13)12(15)17-2/h5,7-8H,3-4,6H2,1-2H3. The van der Waals surface area contributed by atoms with Crippen LogP contribution in [0.3, 0.4) is 0 Å². The van der Waals surface area contributed by atoms with Crippen LogP contribution in [0.2, 0.25) is 0 Å². The van der Waals surface area contributed by atoms with E-state index >= 15 is 0 Å². The third-order valence-electron chi connectivity index (χ3n) is 3.03. The molecule has 1 fully saturated rings. The zero-order valence-electron chi connectivity index (χ0n) is 10.3. The second-order valence-corrected chi connectivity index (χ2v) is 4.91. The molecule has 0 aromatic carbocycles. The van der Waals surface area contributed by atoms with Gasteiger partial charge in [0.1, 0.15) is 16.7 Å². The van der Waals surface area contributed by atoms with Crippen LogP contribution in [0.1, 0.15) is 22.5 Å². The number of hydrogen-bond donors (Lipinski definition) is 0. The fourth-order valence-electron chi connectivity index (χ4n) is 2.14. The molecule has 1 aliphatic rings. The van der Waals surface area contributed by atoms with E-state index in [0.717, 1.165) is 6.42 Å². The van der Waals surface area contributed by atoms with Crippen LogP contribution in [0, 0.1) is 0 Å². The highest BCUT2D eigenvalue weighted by molar-refractivity contribution is 7.12. The molecule has 1 saturated heterocycles. The molecule has 18 heavy (non-hydrogen) atoms. The lowest BCUT2D eigenvalue weighted by molar-refractivity contribution is -0.145. The maximum Gasteiger partial charge on any atom is 0.328 e. The molecule has 0 spiro atoms. The van der Waals surface area contributed by atoms with E-state index in [-0.39, 0.29) is 11.9 Å². The third kappa shape index (κ3) is 2.20. The molecule has 98 valence electrons. The van der Waals surface area contributed by atoms with Gasteiger partial charge in [-0.1, -0.05) is 0 Å². The van der Waals surface area contributed by atoms with Gasteiger partial charge in [0.25, 0.3) is 5.91 Å². The van der Waals surface area contributed by atoms with Crippen molar-refractivity contribution in [3.05, 3.63) is 16.3 Å². The molecular formula is C12H15NO4S. The topological polar surface area (TPSA) is 55.8 Å². The van der Waals surface area contributed by atoms with Crippen molar-refractivity contribution in [1.82, 2.24) is 4.90 Å². The van der Waals surface area contributed by atoms with Crippen molar-refractivity contribution in [2.75, 3.05) is 20.8 Å². The Morgan fingerprint density at radius 3 is 2.89 bits per heavy atom. The van der Waals surface area contributed by atoms with Gasteiger partial charge in [-0.3, -0.25) is 4.79 Å². The lowest BCUT2D eigenvalue weighted by Gasteiger charge is -2.22. The Morgan fingerprint density at radius 2 is 2.22 bits per heavy atom. The predicted octanol–water partition coefficient (Wildman–Crippen LogP) is 1.53. The summed E-state index contributed by atoms with van der Waals surface area (Å²) in [4.78, 5) is 26.1. The Morgan fingerprint density at radius 1 is 1.44 bits per heavy atom. The summed E-state index contributed by atoms with van der Waals surface area (Å²) in [7, 11) is 2.87. The molecular weight excluding hydrogens is 254 g/mol. The second-order valence-electron chi connectivity index (χ2n) is 4.00. The average molecular weight is 269 g/mol. The molecule has 5 nitrogen and oxygen atoms in total. The van der Waals surface area contributed by atoms with Crippen LogP contribution in [0.5, 0.6) is 5.75 Å². The number of rotatable bonds is 3. The van der Waals surface area contributed by atoms with Gasteiger partial charge in [-0.15, -0.1) is 11.3 Å². The van der Waals surface area contributed by atoms with Gasteiger partial charge in [-0.05, 0) is 24.3 Å². The average Bonchev–Trinajstić information content (AvgIpc) is 3.04. The monoisotopic (exact) mass is 269 g/mol. The number of amides is 1. The molecule has 1 atom stereocenters. The highest BCUT2D eigenvalue weighted by Gasteiger charge is 2.36. The van der Waals surface area contributed by atoms with Crippen LogP contribution in [0.25, 0.3) is 0 Å². The molecule has 1 aromatic rings. The smallest absolute Gasteiger partial charge is 0.328 e. The molecule has 6 heteroatoms. The quantitative estimate of drug-likeness (QED) is 0.781. The van der Waals surface area contributed by atoms with E-state index in [1.54, 1.807) is 16.3 Å². The van der Waals surface area contributed by atoms with E-state index in [1.807, 2.05) is 0 Å². The van der Waals surface area contributed by atoms with E-state index in [1.165, 1.54) is 25.6 Å². The first-order valence-electron chi connectivity index (χ1n) is 5.69. The molecule has 1 aromatic heterocycles. The summed E-state index contributed by atoms with van der Waals surface area (Å²) in [6, 6.07) is 1.29. The minimum absolute atomic E-state index is 0.158. The van der Waals surface area contributed by atoms with E-state index in [2.05, 4.69) is 0 Å². The van der Waals surface area contributed by atoms with Crippen molar-refractivity contribution in [2.45, 2.75) is 18.9 Å². The van der Waals surface area contributed by atoms with E-state index in [9.17, 15) is 9.59 Å². The number of carbonyl (C=O) groups excluding carboxylic acids is 2. The molecule has 0 radical (unpaired) electrons. The van der Waals surface area contributed by atoms with Crippen LogP contribution >= 0.6 is 11.3 Å². The van der Waals surface area contributed by atoms with E-state index < -0.39 is 6.04 Å². The van der Waals surface area contributed by atoms with Crippen LogP contribution in [-0.2, 0) is 9.53 Å². The Balaban J connectivity index is 2.20. The Labute approximate surface area is 109 Å². The molecule has 2 heterocycles. The number of carbonyl (C=O) groups is 2. The molecule has 1 unspecified atom stereocenters. The van der Waals surface area contributed by atoms with Crippen molar-refractivity contribution in [3.8, 4) is 5.75 Å². The Hall–Kier alpha value is -1.56. The molecule has 2 rings (SSSR count). The van der Waals surface area contributed by atoms with E-state index in [4.69, 9.17) is 9.47 Å². The third-order valence-corrected chi connectivity index (χ3v) is 3.91. The highest BCUT2D eigenvalue weighted by atomic mass is 32.1. The number of ether oxygens (including phenoxy) is 2. The lowest BCUT2D eigenvalue weighted by Crippen LogP contribution is -2.40. The zero-order chi connectivity index (χ0) is 13.1. The Bertz CT molecular complexity index is 457. The molecule has 0 saturated carbocycles. The molecule has 0 bridgehead atoms. The Kier molecular flexibility index (Phi) is 3.86. The first kappa shape index (κ1) is 12.9. The molecule has 1 aliphatic heterocycles. The number of esters is 1. The number of nitrogens with zero attached hydrogens (tertiary/aromatic N) is 1. The van der Waals surface area contributed by atoms with Gasteiger partial charge in [-0.25, -0.2) is 4.79 Å². The summed E-state index contributed by atoms with van der Waals surface area (Å²) < 4.78 is 9.86. The van der Waals surface area contributed by atoms with Crippen molar-refractivity contribution in [2.24, 2.45) is 0 Å². The lowest BCUT2D eigenvalue weighted by atomic mass is 10.2. The first-order valence-corrected chi connectivity index (χ1v) is 6.57. The maximum atomic E-state index is 12.4. The first-order chi connectivity index (χ1) is 8.69. The van der Waals surface area contributed by atoms with Gasteiger partial charge in [0.15, 0.2) is 0 Å². The minimum atomic E-state index is -0.464. The maximum absolute atomic E-state index is 12.4. The van der Waals surface area contributed by atoms with Crippen molar-refractivity contribution >= 4 is 23.2 Å². The van der Waals surface area contributed by atoms with Gasteiger partial charge >= 0.3 is 5.97 Å². The van der Waals surface area contributed by atoms with E-state index in [0.29, 0.717) is 23.6 Å². The summed E-state index contributed by atoms with van der Waals surface area (Å²) in [6.45, 7) is 0.583. The summed E-state index contributed by atoms with van der Waals surface area (Å²) in [5.41, 5.74) is 0. The van der Waals surface area contributed by atoms with Crippen LogP contribution < -0.4 is 4.74 Å². The molecule has 0 aliphatic carbocycles. The summed E-state index contributed by atoms with van der Waals surface area (Å²) in [5.74, 6) is 0.0478. The van der Waals surface area contributed by atoms with Crippen molar-refractivity contribution in [1.29, 1.82) is 0 Å². The van der Waals surface area contributed by atoms with Crippen LogP contribution in [0.4, 0.5) is 0 Å². The zero-order valence-corrected chi connectivity index (χ0v) is 11.2. The number of likely N-dealkylation sites (tertiary alicyclic amines) is 1. The van der Waals surface area contributed by atoms with Crippen LogP contribution in [-0.4, -0.2) is 43.6 Å².